The van der Waals surface area contributed by atoms with Gasteiger partial charge in [-0.05, 0) is 62.4 Å². The number of amides is 2. The zero-order chi connectivity index (χ0) is 27.9. The molecule has 206 valence electrons. The summed E-state index contributed by atoms with van der Waals surface area (Å²) in [4.78, 5) is 31.8. The van der Waals surface area contributed by atoms with Crippen LogP contribution in [0.3, 0.4) is 0 Å². The fraction of sp³-hybridized carbons (Fsp3) is 0.379. The predicted octanol–water partition coefficient (Wildman–Crippen LogP) is 3.37. The van der Waals surface area contributed by atoms with E-state index in [0.717, 1.165) is 17.1 Å². The molecular weight excluding hydrogens is 498 g/mol. The summed E-state index contributed by atoms with van der Waals surface area (Å²) in [6.45, 7) is 6.17. The van der Waals surface area contributed by atoms with Gasteiger partial charge in [0.05, 0.1) is 27.0 Å². The van der Waals surface area contributed by atoms with Crippen molar-refractivity contribution >= 4 is 17.6 Å². The van der Waals surface area contributed by atoms with Crippen LogP contribution in [0.1, 0.15) is 24.2 Å². The highest BCUT2D eigenvalue weighted by Gasteiger charge is 2.27. The smallest absolute Gasteiger partial charge is 0.254 e. The van der Waals surface area contributed by atoms with E-state index < -0.39 is 0 Å². The first-order valence-corrected chi connectivity index (χ1v) is 12.9. The number of methoxy groups -OCH3 is 3. The van der Waals surface area contributed by atoms with Crippen LogP contribution in [-0.4, -0.2) is 91.9 Å². The molecule has 0 bridgehead atoms. The number of ether oxygens (including phenoxy) is 3. The van der Waals surface area contributed by atoms with Crippen LogP contribution in [0.15, 0.2) is 54.6 Å². The average Bonchev–Trinajstić information content (AvgIpc) is 2.99. The van der Waals surface area contributed by atoms with Crippen LogP contribution in [0.25, 0.3) is 11.3 Å². The lowest BCUT2D eigenvalue weighted by atomic mass is 10.1. The molecule has 2 aromatic carbocycles. The van der Waals surface area contributed by atoms with Crippen molar-refractivity contribution in [1.82, 2.24) is 20.0 Å². The van der Waals surface area contributed by atoms with E-state index in [1.54, 1.807) is 55.4 Å². The Morgan fingerprint density at radius 1 is 0.872 bits per heavy atom. The molecule has 39 heavy (non-hydrogen) atoms. The largest absolute Gasteiger partial charge is 0.497 e. The average molecular weight is 534 g/mol. The molecule has 2 amide bonds. The van der Waals surface area contributed by atoms with Crippen LogP contribution in [0, 0.1) is 0 Å². The SMILES string of the molecule is COc1cccc(C(=O)N(CC(=O)N2CCN(c3ccc(-c4ccc(OC)c(OC)c4)nn3)CC2)C(C)C)c1. The lowest BCUT2D eigenvalue weighted by Crippen LogP contribution is -2.53. The summed E-state index contributed by atoms with van der Waals surface area (Å²) in [5.41, 5.74) is 2.10. The highest BCUT2D eigenvalue weighted by Crippen LogP contribution is 2.31. The molecule has 1 aromatic heterocycles. The number of hydrogen-bond donors (Lipinski definition) is 0. The van der Waals surface area contributed by atoms with Gasteiger partial charge in [0.2, 0.25) is 5.91 Å². The standard InChI is InChI=1S/C29H35N5O5/c1-20(2)34(29(36)22-7-6-8-23(17-22)37-3)19-28(35)33-15-13-32(14-16-33)27-12-10-24(30-31-27)21-9-11-25(38-4)26(18-21)39-5/h6-12,17-18,20H,13-16,19H2,1-5H3. The van der Waals surface area contributed by atoms with Gasteiger partial charge < -0.3 is 28.9 Å². The van der Waals surface area contributed by atoms with Crippen molar-refractivity contribution in [2.24, 2.45) is 0 Å². The van der Waals surface area contributed by atoms with Crippen molar-refractivity contribution in [1.29, 1.82) is 0 Å². The van der Waals surface area contributed by atoms with E-state index in [1.165, 1.54) is 0 Å². The minimum absolute atomic E-state index is 0.0214. The van der Waals surface area contributed by atoms with Crippen molar-refractivity contribution in [2.45, 2.75) is 19.9 Å². The first-order chi connectivity index (χ1) is 18.8. The Hall–Kier alpha value is -4.34. The summed E-state index contributed by atoms with van der Waals surface area (Å²) in [5, 5.41) is 8.83. The number of rotatable bonds is 9. The summed E-state index contributed by atoms with van der Waals surface area (Å²) in [6, 6.07) is 16.3. The van der Waals surface area contributed by atoms with E-state index in [9.17, 15) is 9.59 Å². The fourth-order valence-corrected chi connectivity index (χ4v) is 4.48. The van der Waals surface area contributed by atoms with Gasteiger partial charge in [-0.15, -0.1) is 10.2 Å². The van der Waals surface area contributed by atoms with Gasteiger partial charge >= 0.3 is 0 Å². The summed E-state index contributed by atoms with van der Waals surface area (Å²) in [6.07, 6.45) is 0. The molecule has 0 spiro atoms. The normalized spacial score (nSPS) is 13.3. The maximum atomic E-state index is 13.2. The van der Waals surface area contributed by atoms with Gasteiger partial charge in [0, 0.05) is 43.3 Å². The van der Waals surface area contributed by atoms with Gasteiger partial charge in [-0.3, -0.25) is 9.59 Å². The zero-order valence-electron chi connectivity index (χ0n) is 23.1. The first kappa shape index (κ1) is 27.7. The van der Waals surface area contributed by atoms with Gasteiger partial charge in [0.15, 0.2) is 17.3 Å². The fourth-order valence-electron chi connectivity index (χ4n) is 4.48. The Balaban J connectivity index is 1.36. The van der Waals surface area contributed by atoms with E-state index in [1.807, 2.05) is 44.2 Å². The molecule has 0 unspecified atom stereocenters. The quantitative estimate of drug-likeness (QED) is 0.413. The van der Waals surface area contributed by atoms with Gasteiger partial charge in [-0.2, -0.15) is 0 Å². The van der Waals surface area contributed by atoms with E-state index in [0.29, 0.717) is 49.0 Å². The minimum Gasteiger partial charge on any atom is -0.497 e. The van der Waals surface area contributed by atoms with Crippen molar-refractivity contribution in [3.05, 3.63) is 60.2 Å². The molecule has 1 aliphatic rings. The lowest BCUT2D eigenvalue weighted by Gasteiger charge is -2.36. The number of carbonyl (C=O) groups excluding carboxylic acids is 2. The number of carbonyl (C=O) groups is 2. The molecule has 4 rings (SSSR count). The molecule has 2 heterocycles. The van der Waals surface area contributed by atoms with Crippen LogP contribution in [-0.2, 0) is 4.79 Å². The van der Waals surface area contributed by atoms with Gasteiger partial charge in [0.25, 0.3) is 5.91 Å². The topological polar surface area (TPSA) is 97.3 Å². The van der Waals surface area contributed by atoms with E-state index in [2.05, 4.69) is 15.1 Å². The third kappa shape index (κ3) is 6.39. The van der Waals surface area contributed by atoms with E-state index >= 15 is 0 Å². The van der Waals surface area contributed by atoms with E-state index in [4.69, 9.17) is 14.2 Å². The lowest BCUT2D eigenvalue weighted by molar-refractivity contribution is -0.132. The van der Waals surface area contributed by atoms with Gasteiger partial charge in [-0.1, -0.05) is 6.07 Å². The van der Waals surface area contributed by atoms with Crippen molar-refractivity contribution in [2.75, 3.05) is 59.0 Å². The second-order valence-electron chi connectivity index (χ2n) is 9.47. The summed E-state index contributed by atoms with van der Waals surface area (Å²) in [7, 11) is 4.76. The number of anilines is 1. The maximum absolute atomic E-state index is 13.2. The first-order valence-electron chi connectivity index (χ1n) is 12.9. The third-order valence-corrected chi connectivity index (χ3v) is 6.79. The zero-order valence-corrected chi connectivity index (χ0v) is 23.1. The highest BCUT2D eigenvalue weighted by atomic mass is 16.5. The summed E-state index contributed by atoms with van der Waals surface area (Å²) in [5.74, 6) is 2.37. The van der Waals surface area contributed by atoms with Crippen molar-refractivity contribution in [3.63, 3.8) is 0 Å². The predicted molar refractivity (Wildman–Crippen MR) is 149 cm³/mol. The van der Waals surface area contributed by atoms with Crippen LogP contribution in [0.4, 0.5) is 5.82 Å². The molecule has 0 saturated carbocycles. The number of piperazine rings is 1. The second kappa shape index (κ2) is 12.5. The molecular formula is C29H35N5O5. The van der Waals surface area contributed by atoms with Crippen LogP contribution in [0.2, 0.25) is 0 Å². The molecule has 10 heteroatoms. The van der Waals surface area contributed by atoms with Crippen LogP contribution in [0.5, 0.6) is 17.2 Å². The molecule has 0 radical (unpaired) electrons. The number of nitrogens with zero attached hydrogens (tertiary/aromatic N) is 5. The van der Waals surface area contributed by atoms with Crippen molar-refractivity contribution in [3.8, 4) is 28.5 Å². The molecule has 3 aromatic rings. The van der Waals surface area contributed by atoms with Crippen LogP contribution < -0.4 is 19.1 Å². The number of aromatic nitrogens is 2. The maximum Gasteiger partial charge on any atom is 0.254 e. The van der Waals surface area contributed by atoms with Gasteiger partial charge in [-0.25, -0.2) is 0 Å². The third-order valence-electron chi connectivity index (χ3n) is 6.79. The molecule has 10 nitrogen and oxygen atoms in total. The Labute approximate surface area is 229 Å². The van der Waals surface area contributed by atoms with E-state index in [-0.39, 0.29) is 24.4 Å². The Morgan fingerprint density at radius 2 is 1.62 bits per heavy atom. The summed E-state index contributed by atoms with van der Waals surface area (Å²) < 4.78 is 15.9. The molecule has 1 fully saturated rings. The number of hydrogen-bond acceptors (Lipinski definition) is 8. The monoisotopic (exact) mass is 533 g/mol. The Kier molecular flexibility index (Phi) is 8.85. The second-order valence-corrected chi connectivity index (χ2v) is 9.47. The molecule has 0 N–H and O–H groups in total. The van der Waals surface area contributed by atoms with Gasteiger partial charge in [0.1, 0.15) is 12.3 Å². The highest BCUT2D eigenvalue weighted by molar-refractivity contribution is 5.97. The van der Waals surface area contributed by atoms with Crippen LogP contribution >= 0.6 is 0 Å². The molecule has 0 aliphatic carbocycles. The minimum atomic E-state index is -0.194. The molecule has 0 atom stereocenters. The molecule has 1 saturated heterocycles. The Bertz CT molecular complexity index is 1290. The molecule has 1 aliphatic heterocycles. The number of benzene rings is 2. The van der Waals surface area contributed by atoms with Crippen molar-refractivity contribution < 1.29 is 23.8 Å². The Morgan fingerprint density at radius 3 is 2.23 bits per heavy atom. The summed E-state index contributed by atoms with van der Waals surface area (Å²) >= 11 is 0.